The van der Waals surface area contributed by atoms with Crippen LogP contribution >= 0.6 is 0 Å². The van der Waals surface area contributed by atoms with Crippen LogP contribution in [0.5, 0.6) is 0 Å². The van der Waals surface area contributed by atoms with Crippen LogP contribution < -0.4 is 10.2 Å². The molecule has 8 nitrogen and oxygen atoms in total. The van der Waals surface area contributed by atoms with Crippen molar-refractivity contribution in [3.63, 3.8) is 0 Å². The summed E-state index contributed by atoms with van der Waals surface area (Å²) in [4.78, 5) is 29.2. The lowest BCUT2D eigenvalue weighted by molar-refractivity contribution is -0.0157. The second-order valence-electron chi connectivity index (χ2n) is 6.57. The van der Waals surface area contributed by atoms with Gasteiger partial charge in [0.05, 0.1) is 25.0 Å². The van der Waals surface area contributed by atoms with Crippen LogP contribution in [0.1, 0.15) is 24.6 Å². The fourth-order valence-electron chi connectivity index (χ4n) is 3.26. The van der Waals surface area contributed by atoms with Crippen molar-refractivity contribution in [2.45, 2.75) is 18.9 Å². The molecule has 2 saturated heterocycles. The number of rotatable bonds is 3. The first kappa shape index (κ1) is 17.6. The highest BCUT2D eigenvalue weighted by atomic mass is 19.1. The highest BCUT2D eigenvalue weighted by molar-refractivity contribution is 5.88. The summed E-state index contributed by atoms with van der Waals surface area (Å²) >= 11 is 0. The number of ether oxygens (including phenoxy) is 1. The molecular weight excluding hydrogens is 351 g/mol. The molecule has 1 atom stereocenters. The summed E-state index contributed by atoms with van der Waals surface area (Å²) < 4.78 is 18.8. The Morgan fingerprint density at radius 3 is 2.81 bits per heavy atom. The average Bonchev–Trinajstić information content (AvgIpc) is 3.25. The molecule has 1 N–H and O–H groups in total. The molecule has 27 heavy (non-hydrogen) atoms. The van der Waals surface area contributed by atoms with E-state index in [1.807, 2.05) is 6.07 Å². The second-order valence-corrected chi connectivity index (χ2v) is 6.57. The van der Waals surface area contributed by atoms with Crippen molar-refractivity contribution >= 4 is 17.8 Å². The number of morpholine rings is 1. The largest absolute Gasteiger partial charge is 0.368 e. The minimum absolute atomic E-state index is 0.295. The monoisotopic (exact) mass is 372 g/mol. The van der Waals surface area contributed by atoms with Gasteiger partial charge in [-0.2, -0.15) is 0 Å². The van der Waals surface area contributed by atoms with E-state index < -0.39 is 5.82 Å². The Balaban J connectivity index is 1.42. The van der Waals surface area contributed by atoms with Gasteiger partial charge in [-0.15, -0.1) is 0 Å². The molecule has 2 aliphatic rings. The number of nitrogens with one attached hydrogen (secondary N) is 1. The number of nitrogens with zero attached hydrogens (tertiary/aromatic N) is 5. The maximum atomic E-state index is 12.9. The van der Waals surface area contributed by atoms with Crippen LogP contribution in [0.2, 0.25) is 0 Å². The van der Waals surface area contributed by atoms with E-state index in [2.05, 4.69) is 25.2 Å². The summed E-state index contributed by atoms with van der Waals surface area (Å²) in [5, 5.41) is 2.68. The lowest BCUT2D eigenvalue weighted by Gasteiger charge is -2.32. The molecule has 142 valence electrons. The van der Waals surface area contributed by atoms with Crippen molar-refractivity contribution in [1.82, 2.24) is 19.9 Å². The Morgan fingerprint density at radius 2 is 2.04 bits per heavy atom. The van der Waals surface area contributed by atoms with E-state index in [0.29, 0.717) is 31.5 Å². The number of hydrogen-bond donors (Lipinski definition) is 1. The summed E-state index contributed by atoms with van der Waals surface area (Å²) in [6.07, 6.45) is 4.80. The lowest BCUT2D eigenvalue weighted by atomic mass is 10.2. The first-order valence-corrected chi connectivity index (χ1v) is 9.06. The van der Waals surface area contributed by atoms with E-state index in [1.54, 1.807) is 11.1 Å². The second kappa shape index (κ2) is 7.83. The molecule has 0 spiro atoms. The molecule has 0 radical (unpaired) electrons. The summed E-state index contributed by atoms with van der Waals surface area (Å²) in [5.41, 5.74) is 0.768. The molecule has 4 rings (SSSR count). The van der Waals surface area contributed by atoms with Gasteiger partial charge in [0.25, 0.3) is 0 Å². The maximum absolute atomic E-state index is 12.9. The predicted molar refractivity (Wildman–Crippen MR) is 97.0 cm³/mol. The third kappa shape index (κ3) is 4.13. The van der Waals surface area contributed by atoms with Crippen molar-refractivity contribution in [2.24, 2.45) is 0 Å². The number of anilines is 2. The smallest absolute Gasteiger partial charge is 0.323 e. The van der Waals surface area contributed by atoms with Crippen LogP contribution in [-0.4, -0.2) is 58.7 Å². The molecule has 2 aromatic rings. The van der Waals surface area contributed by atoms with Crippen LogP contribution in [0.15, 0.2) is 30.6 Å². The molecule has 2 aliphatic heterocycles. The van der Waals surface area contributed by atoms with Crippen LogP contribution in [0.4, 0.5) is 21.0 Å². The molecule has 1 unspecified atom stereocenters. The highest BCUT2D eigenvalue weighted by Crippen LogP contribution is 2.23. The number of pyridine rings is 1. The van der Waals surface area contributed by atoms with Gasteiger partial charge in [0, 0.05) is 25.8 Å². The third-order valence-electron chi connectivity index (χ3n) is 4.70. The van der Waals surface area contributed by atoms with E-state index in [-0.39, 0.29) is 12.1 Å². The molecule has 0 bridgehead atoms. The zero-order valence-corrected chi connectivity index (χ0v) is 14.8. The van der Waals surface area contributed by atoms with Gasteiger partial charge in [-0.3, -0.25) is 5.32 Å². The number of aromatic nitrogens is 3. The number of urea groups is 1. The maximum Gasteiger partial charge on any atom is 0.323 e. The quantitative estimate of drug-likeness (QED) is 0.889. The van der Waals surface area contributed by atoms with Crippen molar-refractivity contribution in [1.29, 1.82) is 0 Å². The van der Waals surface area contributed by atoms with Gasteiger partial charge in [0.15, 0.2) is 0 Å². The van der Waals surface area contributed by atoms with Crippen molar-refractivity contribution < 1.29 is 13.9 Å². The Morgan fingerprint density at radius 1 is 1.19 bits per heavy atom. The topological polar surface area (TPSA) is 83.5 Å². The minimum Gasteiger partial charge on any atom is -0.368 e. The fourth-order valence-corrected chi connectivity index (χ4v) is 3.26. The van der Waals surface area contributed by atoms with Gasteiger partial charge in [-0.1, -0.05) is 0 Å². The van der Waals surface area contributed by atoms with Crippen LogP contribution in [0.3, 0.4) is 0 Å². The average molecular weight is 372 g/mol. The zero-order valence-electron chi connectivity index (χ0n) is 14.8. The lowest BCUT2D eigenvalue weighted by Crippen LogP contribution is -2.44. The molecule has 9 heteroatoms. The van der Waals surface area contributed by atoms with E-state index in [9.17, 15) is 9.18 Å². The number of amides is 2. The minimum atomic E-state index is -0.447. The number of carbonyl (C=O) groups excluding carboxylic acids is 1. The first-order chi connectivity index (χ1) is 13.2. The van der Waals surface area contributed by atoms with E-state index in [1.165, 1.54) is 12.1 Å². The van der Waals surface area contributed by atoms with Gasteiger partial charge in [0.1, 0.15) is 17.7 Å². The normalized spacial score (nSPS) is 20.0. The molecule has 2 aromatic heterocycles. The Labute approximate surface area is 156 Å². The molecule has 0 aromatic carbocycles. The number of hydrogen-bond acceptors (Lipinski definition) is 6. The van der Waals surface area contributed by atoms with Gasteiger partial charge in [-0.05, 0) is 31.0 Å². The summed E-state index contributed by atoms with van der Waals surface area (Å²) in [6, 6.07) is 4.22. The van der Waals surface area contributed by atoms with E-state index in [0.717, 1.165) is 37.8 Å². The SMILES string of the molecule is O=C(Nc1ccc(F)cn1)N1CCOC(c2ccnc(N3CCCC3)n2)C1. The highest BCUT2D eigenvalue weighted by Gasteiger charge is 2.27. The molecule has 4 heterocycles. The Bertz CT molecular complexity index is 797. The fraction of sp³-hybridized carbons (Fsp3) is 0.444. The number of halogens is 1. The zero-order chi connectivity index (χ0) is 18.6. The standard InChI is InChI=1S/C18H21FN6O2/c19-13-3-4-16(21-11-13)23-18(26)25-9-10-27-15(12-25)14-5-6-20-17(22-14)24-7-1-2-8-24/h3-6,11,15H,1-2,7-10,12H2,(H,21,23,26). The molecule has 2 amide bonds. The predicted octanol–water partition coefficient (Wildman–Crippen LogP) is 2.22. The van der Waals surface area contributed by atoms with E-state index in [4.69, 9.17) is 4.74 Å². The van der Waals surface area contributed by atoms with Crippen LogP contribution in [-0.2, 0) is 4.74 Å². The Hall–Kier alpha value is -2.81. The van der Waals surface area contributed by atoms with Gasteiger partial charge < -0.3 is 14.5 Å². The number of carbonyl (C=O) groups is 1. The van der Waals surface area contributed by atoms with E-state index >= 15 is 0 Å². The van der Waals surface area contributed by atoms with Gasteiger partial charge in [0.2, 0.25) is 5.95 Å². The summed E-state index contributed by atoms with van der Waals surface area (Å²) in [5.74, 6) is 0.575. The van der Waals surface area contributed by atoms with Crippen molar-refractivity contribution in [3.05, 3.63) is 42.1 Å². The Kier molecular flexibility index (Phi) is 5.10. The molecule has 0 saturated carbocycles. The van der Waals surface area contributed by atoms with Crippen LogP contribution in [0, 0.1) is 5.82 Å². The van der Waals surface area contributed by atoms with Gasteiger partial charge >= 0.3 is 6.03 Å². The molecule has 0 aliphatic carbocycles. The first-order valence-electron chi connectivity index (χ1n) is 9.06. The van der Waals surface area contributed by atoms with Crippen LogP contribution in [0.25, 0.3) is 0 Å². The molecular formula is C18H21FN6O2. The van der Waals surface area contributed by atoms with Crippen molar-refractivity contribution in [3.8, 4) is 0 Å². The summed E-state index contributed by atoms with van der Waals surface area (Å²) in [6.45, 7) is 3.19. The third-order valence-corrected chi connectivity index (χ3v) is 4.70. The summed E-state index contributed by atoms with van der Waals surface area (Å²) in [7, 11) is 0. The molecule has 2 fully saturated rings. The van der Waals surface area contributed by atoms with Crippen molar-refractivity contribution in [2.75, 3.05) is 43.0 Å². The van der Waals surface area contributed by atoms with Gasteiger partial charge in [-0.25, -0.2) is 24.1 Å².